The van der Waals surface area contributed by atoms with Gasteiger partial charge in [0.25, 0.3) is 5.91 Å². The lowest BCUT2D eigenvalue weighted by atomic mass is 9.41. The van der Waals surface area contributed by atoms with Gasteiger partial charge < -0.3 is 24.8 Å². The average molecular weight is 601 g/mol. The number of hydrogen-bond acceptors (Lipinski definition) is 8. The molecule has 228 valence electrons. The highest BCUT2D eigenvalue weighted by Gasteiger charge is 2.71. The number of rotatable bonds is 6. The summed E-state index contributed by atoms with van der Waals surface area (Å²) in [5, 5.41) is 40.2. The van der Waals surface area contributed by atoms with Crippen LogP contribution in [0, 0.1) is 35.5 Å². The second-order valence-corrected chi connectivity index (χ2v) is 13.9. The molecule has 4 saturated carbocycles. The molecule has 6 rings (SSSR count). The minimum atomic E-state index is -1.20. The number of ether oxygens (including phenoxy) is 2. The minimum Gasteiger partial charge on any atom is -0.483 e. The topological polar surface area (TPSA) is 138 Å². The van der Waals surface area contributed by atoms with Crippen LogP contribution in [0.4, 0.5) is 0 Å². The summed E-state index contributed by atoms with van der Waals surface area (Å²) >= 11 is 6.01. The van der Waals surface area contributed by atoms with Gasteiger partial charge in [-0.05, 0) is 105 Å². The van der Waals surface area contributed by atoms with Gasteiger partial charge in [-0.1, -0.05) is 18.5 Å². The van der Waals surface area contributed by atoms with Crippen molar-refractivity contribution in [2.24, 2.45) is 33.7 Å². The van der Waals surface area contributed by atoms with Crippen LogP contribution in [0.1, 0.15) is 70.3 Å². The third-order valence-corrected chi connectivity index (χ3v) is 11.9. The maximum atomic E-state index is 12.7. The van der Waals surface area contributed by atoms with E-state index in [1.54, 1.807) is 30.5 Å². The second-order valence-electron chi connectivity index (χ2n) is 13.5. The Labute approximate surface area is 251 Å². The first-order valence-corrected chi connectivity index (χ1v) is 15.5. The van der Waals surface area contributed by atoms with Crippen LogP contribution in [0.15, 0.2) is 34.9 Å². The lowest BCUT2D eigenvalue weighted by Gasteiger charge is -2.65. The van der Waals surface area contributed by atoms with E-state index in [0.29, 0.717) is 49.5 Å². The Hall–Kier alpha value is -2.46. The van der Waals surface area contributed by atoms with Gasteiger partial charge in [0.2, 0.25) is 0 Å². The van der Waals surface area contributed by atoms with E-state index in [-0.39, 0.29) is 36.8 Å². The van der Waals surface area contributed by atoms with E-state index in [1.165, 1.54) is 0 Å². The molecule has 8 atom stereocenters. The molecule has 4 N–H and O–H groups in total. The Morgan fingerprint density at radius 3 is 2.69 bits per heavy atom. The highest BCUT2D eigenvalue weighted by Crippen LogP contribution is 2.70. The molecule has 0 bridgehead atoms. The van der Waals surface area contributed by atoms with Crippen LogP contribution < -0.4 is 10.2 Å². The number of halogens is 1. The minimum absolute atomic E-state index is 0.0667. The summed E-state index contributed by atoms with van der Waals surface area (Å²) in [6.07, 6.45) is 7.91. The predicted octanol–water partition coefficient (Wildman–Crippen LogP) is 3.84. The van der Waals surface area contributed by atoms with E-state index >= 15 is 0 Å². The highest BCUT2D eigenvalue weighted by atomic mass is 35.5. The monoisotopic (exact) mass is 600 g/mol. The Morgan fingerprint density at radius 1 is 1.17 bits per heavy atom. The van der Waals surface area contributed by atoms with Crippen molar-refractivity contribution in [3.05, 3.63) is 40.4 Å². The van der Waals surface area contributed by atoms with E-state index < -0.39 is 34.0 Å². The van der Waals surface area contributed by atoms with Gasteiger partial charge in [0.05, 0.1) is 17.3 Å². The molecule has 4 aliphatic carbocycles. The number of amides is 1. The molecule has 0 radical (unpaired) electrons. The fourth-order valence-corrected chi connectivity index (χ4v) is 9.76. The molecule has 0 spiro atoms. The number of cyclic esters (lactones) is 1. The molecule has 1 heterocycles. The van der Waals surface area contributed by atoms with Crippen molar-refractivity contribution >= 4 is 29.7 Å². The van der Waals surface area contributed by atoms with Crippen molar-refractivity contribution in [2.75, 3.05) is 13.2 Å². The van der Waals surface area contributed by atoms with Crippen molar-refractivity contribution in [3.8, 4) is 5.75 Å². The summed E-state index contributed by atoms with van der Waals surface area (Å²) in [6.45, 7) is 4.06. The molecule has 5 aliphatic rings. The summed E-state index contributed by atoms with van der Waals surface area (Å²) < 4.78 is 10.9. The third kappa shape index (κ3) is 4.59. The van der Waals surface area contributed by atoms with E-state index in [0.717, 1.165) is 30.4 Å². The number of hydrazone groups is 1. The van der Waals surface area contributed by atoms with Gasteiger partial charge >= 0.3 is 5.97 Å². The molecule has 0 aromatic heterocycles. The first kappa shape index (κ1) is 29.6. The Kier molecular flexibility index (Phi) is 7.48. The van der Waals surface area contributed by atoms with Crippen LogP contribution in [0.25, 0.3) is 0 Å². The molecule has 1 aliphatic heterocycles. The molecule has 42 heavy (non-hydrogen) atoms. The number of aliphatic hydroxyl groups is 3. The van der Waals surface area contributed by atoms with Gasteiger partial charge in [0.15, 0.2) is 6.61 Å². The van der Waals surface area contributed by atoms with Gasteiger partial charge in [-0.2, -0.15) is 5.10 Å². The smallest absolute Gasteiger partial charge is 0.331 e. The van der Waals surface area contributed by atoms with Crippen LogP contribution >= 0.6 is 11.6 Å². The standard InChI is InChI=1S/C32H41ClN2O7/c1-19-13-21(33)3-4-26(19)41-17-27(37)35-34-18-30-10-5-22(36)15-31(30,39)11-7-25-24(30)6-9-29(2)23(8-12-32(25,29)40)20-14-28(38)42-16-20/h3-4,13-14,18,22-25,36,39-40H,5-12,15-17H2,1-2H3,(H,35,37)/b34-18-/t22-,23-,24+,25-,29-,30+,31-,32+/m1/s1. The maximum absolute atomic E-state index is 12.7. The second kappa shape index (κ2) is 10.6. The number of fused-ring (bicyclic) bond motifs is 5. The number of carbonyl (C=O) groups excluding carboxylic acids is 2. The van der Waals surface area contributed by atoms with Crippen LogP contribution in [-0.2, 0) is 14.3 Å². The van der Waals surface area contributed by atoms with Crippen molar-refractivity contribution in [1.29, 1.82) is 0 Å². The van der Waals surface area contributed by atoms with E-state index in [9.17, 15) is 24.9 Å². The first-order valence-electron chi connectivity index (χ1n) is 15.1. The van der Waals surface area contributed by atoms with Crippen LogP contribution in [0.2, 0.25) is 5.02 Å². The molecule has 1 aromatic rings. The van der Waals surface area contributed by atoms with Crippen LogP contribution in [-0.4, -0.2) is 63.9 Å². The van der Waals surface area contributed by atoms with Crippen molar-refractivity contribution < 1.29 is 34.4 Å². The number of carbonyl (C=O) groups is 2. The predicted molar refractivity (Wildman–Crippen MR) is 156 cm³/mol. The Morgan fingerprint density at radius 2 is 1.95 bits per heavy atom. The van der Waals surface area contributed by atoms with Crippen molar-refractivity contribution in [2.45, 2.75) is 88.9 Å². The maximum Gasteiger partial charge on any atom is 0.331 e. The summed E-state index contributed by atoms with van der Waals surface area (Å²) in [5.74, 6) is -0.290. The first-order chi connectivity index (χ1) is 19.9. The number of aryl methyl sites for hydroxylation is 1. The van der Waals surface area contributed by atoms with Gasteiger partial charge in [0, 0.05) is 34.6 Å². The summed E-state index contributed by atoms with van der Waals surface area (Å²) in [6, 6.07) is 5.17. The van der Waals surface area contributed by atoms with E-state index in [4.69, 9.17) is 21.1 Å². The van der Waals surface area contributed by atoms with Crippen molar-refractivity contribution in [1.82, 2.24) is 5.43 Å². The number of nitrogens with one attached hydrogen (secondary N) is 1. The fourth-order valence-electron chi connectivity index (χ4n) is 9.53. The van der Waals surface area contributed by atoms with Gasteiger partial charge in [-0.25, -0.2) is 10.2 Å². The zero-order valence-electron chi connectivity index (χ0n) is 24.3. The van der Waals surface area contributed by atoms with E-state index in [1.807, 2.05) is 6.92 Å². The van der Waals surface area contributed by atoms with E-state index in [2.05, 4.69) is 17.5 Å². The molecule has 4 fully saturated rings. The number of nitrogens with zero attached hydrogens (tertiary/aromatic N) is 1. The SMILES string of the molecule is Cc1cc(Cl)ccc1OCC(=O)N/N=C\[C@]12CC[C@@H](O)C[C@]1(O)CC[C@@H]1[C@@H]2CC[C@]2(C)[C@@H](C3=CC(=O)OC3)CC[C@]12O. The summed E-state index contributed by atoms with van der Waals surface area (Å²) in [5.41, 5.74) is 0.974. The normalized spacial score (nSPS) is 41.0. The highest BCUT2D eigenvalue weighted by molar-refractivity contribution is 6.30. The third-order valence-electron chi connectivity index (χ3n) is 11.6. The Balaban J connectivity index is 1.23. The largest absolute Gasteiger partial charge is 0.483 e. The van der Waals surface area contributed by atoms with Crippen LogP contribution in [0.3, 0.4) is 0 Å². The van der Waals surface area contributed by atoms with Crippen LogP contribution in [0.5, 0.6) is 5.75 Å². The number of aliphatic hydroxyl groups excluding tert-OH is 1. The molecule has 1 aromatic carbocycles. The zero-order valence-corrected chi connectivity index (χ0v) is 25.0. The fraction of sp³-hybridized carbons (Fsp3) is 0.656. The number of esters is 1. The summed E-state index contributed by atoms with van der Waals surface area (Å²) in [4.78, 5) is 24.5. The molecule has 0 unspecified atom stereocenters. The molecular formula is C32H41ClN2O7. The van der Waals surface area contributed by atoms with Gasteiger partial charge in [0.1, 0.15) is 12.4 Å². The zero-order chi connectivity index (χ0) is 29.9. The summed E-state index contributed by atoms with van der Waals surface area (Å²) in [7, 11) is 0. The molecule has 1 amide bonds. The molecule has 0 saturated heterocycles. The number of hydrogen-bond donors (Lipinski definition) is 4. The quantitative estimate of drug-likeness (QED) is 0.221. The lowest BCUT2D eigenvalue weighted by molar-refractivity contribution is -0.237. The van der Waals surface area contributed by atoms with Gasteiger partial charge in [-0.3, -0.25) is 4.79 Å². The Bertz CT molecular complexity index is 1330. The van der Waals surface area contributed by atoms with Crippen molar-refractivity contribution in [3.63, 3.8) is 0 Å². The average Bonchev–Trinajstić information content (AvgIpc) is 3.48. The van der Waals surface area contributed by atoms with Gasteiger partial charge in [-0.15, -0.1) is 0 Å². The molecule has 10 heteroatoms. The molecular weight excluding hydrogens is 560 g/mol. The lowest BCUT2D eigenvalue weighted by Crippen LogP contribution is -2.68. The molecule has 9 nitrogen and oxygen atoms in total. The number of benzene rings is 1.